The van der Waals surface area contributed by atoms with E-state index in [0.29, 0.717) is 25.7 Å². The van der Waals surface area contributed by atoms with Gasteiger partial charge in [0, 0.05) is 18.7 Å². The number of rotatable bonds is 10. The van der Waals surface area contributed by atoms with Crippen LogP contribution in [-0.4, -0.2) is 44.4 Å². The third kappa shape index (κ3) is 7.94. The number of ether oxygens (including phenoxy) is 2. The van der Waals surface area contributed by atoms with E-state index < -0.39 is 5.60 Å². The third-order valence-corrected chi connectivity index (χ3v) is 4.70. The molecule has 1 aromatic carbocycles. The van der Waals surface area contributed by atoms with Crippen molar-refractivity contribution < 1.29 is 14.6 Å². The number of hydrogen-bond donors (Lipinski definition) is 3. The number of aliphatic imine (C=N–C) groups is 1. The second-order valence-corrected chi connectivity index (χ2v) is 7.05. The van der Waals surface area contributed by atoms with Gasteiger partial charge in [-0.2, -0.15) is 11.3 Å². The number of benzene rings is 1. The molecule has 0 aliphatic heterocycles. The summed E-state index contributed by atoms with van der Waals surface area (Å²) in [6.45, 7) is 6.44. The Labute approximate surface area is 188 Å². The molecule has 0 saturated carbocycles. The number of nitrogens with zero attached hydrogens (tertiary/aromatic N) is 1. The molecule has 6 nitrogen and oxygen atoms in total. The van der Waals surface area contributed by atoms with Crippen LogP contribution in [0.25, 0.3) is 0 Å². The fourth-order valence-corrected chi connectivity index (χ4v) is 3.27. The molecular weight excluding hydrogens is 489 g/mol. The van der Waals surface area contributed by atoms with Crippen LogP contribution < -0.4 is 15.4 Å². The van der Waals surface area contributed by atoms with Gasteiger partial charge in [-0.3, -0.25) is 0 Å². The number of nitrogens with one attached hydrogen (secondary N) is 2. The van der Waals surface area contributed by atoms with Gasteiger partial charge in [0.15, 0.2) is 5.96 Å². The Morgan fingerprint density at radius 1 is 1.25 bits per heavy atom. The summed E-state index contributed by atoms with van der Waals surface area (Å²) in [6.07, 6.45) is 0. The zero-order valence-electron chi connectivity index (χ0n) is 16.6. The summed E-state index contributed by atoms with van der Waals surface area (Å²) in [5.74, 6) is 1.49. The van der Waals surface area contributed by atoms with Crippen LogP contribution in [-0.2, 0) is 16.9 Å². The molecule has 8 heteroatoms. The number of thiophene rings is 1. The van der Waals surface area contributed by atoms with Crippen molar-refractivity contribution in [3.05, 3.63) is 52.2 Å². The van der Waals surface area contributed by atoms with Crippen LogP contribution >= 0.6 is 35.3 Å². The van der Waals surface area contributed by atoms with Gasteiger partial charge in [0.2, 0.25) is 0 Å². The average Bonchev–Trinajstić information content (AvgIpc) is 3.22. The molecule has 3 N–H and O–H groups in total. The minimum Gasteiger partial charge on any atom is -0.496 e. The van der Waals surface area contributed by atoms with Crippen LogP contribution in [0.2, 0.25) is 0 Å². The molecule has 2 rings (SSSR count). The van der Waals surface area contributed by atoms with E-state index in [1.54, 1.807) is 25.4 Å². The first kappa shape index (κ1) is 24.7. The molecule has 0 radical (unpaired) electrons. The lowest BCUT2D eigenvalue weighted by Gasteiger charge is -2.21. The molecule has 0 bridgehead atoms. The first-order valence-corrected chi connectivity index (χ1v) is 9.98. The molecule has 0 saturated heterocycles. The average molecular weight is 519 g/mol. The lowest BCUT2D eigenvalue weighted by molar-refractivity contribution is 0.0677. The van der Waals surface area contributed by atoms with Gasteiger partial charge in [-0.25, -0.2) is 4.99 Å². The fourth-order valence-electron chi connectivity index (χ4n) is 2.48. The van der Waals surface area contributed by atoms with Crippen molar-refractivity contribution in [2.45, 2.75) is 26.1 Å². The number of guanidine groups is 1. The summed E-state index contributed by atoms with van der Waals surface area (Å²) in [4.78, 5) is 4.50. The maximum absolute atomic E-state index is 10.6. The highest BCUT2D eigenvalue weighted by molar-refractivity contribution is 14.0. The second-order valence-electron chi connectivity index (χ2n) is 6.27. The van der Waals surface area contributed by atoms with E-state index in [9.17, 15) is 5.11 Å². The monoisotopic (exact) mass is 519 g/mol. The highest BCUT2D eigenvalue weighted by atomic mass is 127. The molecule has 28 heavy (non-hydrogen) atoms. The van der Waals surface area contributed by atoms with Crippen molar-refractivity contribution in [1.29, 1.82) is 0 Å². The minimum atomic E-state index is -0.983. The van der Waals surface area contributed by atoms with Gasteiger partial charge in [0.1, 0.15) is 11.4 Å². The Balaban J connectivity index is 0.00000392. The van der Waals surface area contributed by atoms with Gasteiger partial charge >= 0.3 is 0 Å². The first-order valence-electron chi connectivity index (χ1n) is 9.03. The van der Waals surface area contributed by atoms with Crippen LogP contribution in [0.1, 0.15) is 25.0 Å². The van der Waals surface area contributed by atoms with Gasteiger partial charge in [-0.1, -0.05) is 18.2 Å². The summed E-state index contributed by atoms with van der Waals surface area (Å²) in [5, 5.41) is 20.9. The Bertz CT molecular complexity index is 708. The topological polar surface area (TPSA) is 75.1 Å². The molecule has 1 aromatic heterocycles. The van der Waals surface area contributed by atoms with Crippen LogP contribution in [0.4, 0.5) is 0 Å². The van der Waals surface area contributed by atoms with Gasteiger partial charge in [-0.15, -0.1) is 24.0 Å². The molecule has 0 amide bonds. The normalized spacial score (nSPS) is 13.4. The van der Waals surface area contributed by atoms with Gasteiger partial charge in [0.05, 0.1) is 26.9 Å². The molecule has 1 heterocycles. The minimum absolute atomic E-state index is 0. The van der Waals surface area contributed by atoms with Gasteiger partial charge in [-0.05, 0) is 42.3 Å². The maximum Gasteiger partial charge on any atom is 0.191 e. The number of hydrogen-bond acceptors (Lipinski definition) is 5. The molecule has 0 fully saturated rings. The quantitative estimate of drug-likeness (QED) is 0.194. The molecule has 0 aliphatic rings. The van der Waals surface area contributed by atoms with Crippen LogP contribution in [0.5, 0.6) is 5.75 Å². The lowest BCUT2D eigenvalue weighted by Crippen LogP contribution is -2.40. The van der Waals surface area contributed by atoms with E-state index in [2.05, 4.69) is 15.6 Å². The highest BCUT2D eigenvalue weighted by Crippen LogP contribution is 2.23. The zero-order valence-corrected chi connectivity index (χ0v) is 19.8. The number of aliphatic hydroxyl groups is 1. The number of methoxy groups -OCH3 is 1. The van der Waals surface area contributed by atoms with Crippen LogP contribution in [0.3, 0.4) is 0 Å². The van der Waals surface area contributed by atoms with E-state index in [1.165, 1.54) is 0 Å². The summed E-state index contributed by atoms with van der Waals surface area (Å²) < 4.78 is 11.0. The largest absolute Gasteiger partial charge is 0.496 e. The van der Waals surface area contributed by atoms with Crippen LogP contribution in [0, 0.1) is 0 Å². The molecule has 2 aromatic rings. The zero-order chi connectivity index (χ0) is 19.5. The molecular formula is C20H30IN3O3S. The summed E-state index contributed by atoms with van der Waals surface area (Å²) in [6, 6.07) is 9.74. The van der Waals surface area contributed by atoms with E-state index in [-0.39, 0.29) is 30.5 Å². The standard InChI is InChI=1S/C20H29N3O3S.HI/c1-4-21-19(23-15-20(2,24)17-9-12-27-14-17)22-10-11-26-13-16-7-5-6-8-18(16)25-3;/h5-9,12,14,24H,4,10-11,13,15H2,1-3H3,(H2,21,22,23);1H. The fraction of sp³-hybridized carbons (Fsp3) is 0.450. The SMILES string of the molecule is CCNC(=NCC(C)(O)c1ccsc1)NCCOCc1ccccc1OC.I. The summed E-state index contributed by atoms with van der Waals surface area (Å²) in [7, 11) is 1.66. The molecule has 0 spiro atoms. The molecule has 1 unspecified atom stereocenters. The van der Waals surface area contributed by atoms with E-state index in [4.69, 9.17) is 9.47 Å². The van der Waals surface area contributed by atoms with Crippen molar-refractivity contribution in [2.75, 3.05) is 33.4 Å². The van der Waals surface area contributed by atoms with E-state index in [1.807, 2.05) is 48.0 Å². The predicted octanol–water partition coefficient (Wildman–Crippen LogP) is 3.35. The lowest BCUT2D eigenvalue weighted by atomic mass is 10.00. The Kier molecular flexibility index (Phi) is 11.4. The number of para-hydroxylation sites is 1. The van der Waals surface area contributed by atoms with Crippen molar-refractivity contribution >= 4 is 41.3 Å². The Morgan fingerprint density at radius 2 is 2.04 bits per heavy atom. The second kappa shape index (κ2) is 13.0. The smallest absolute Gasteiger partial charge is 0.191 e. The summed E-state index contributed by atoms with van der Waals surface area (Å²) in [5.41, 5.74) is 0.919. The van der Waals surface area contributed by atoms with Gasteiger partial charge in [0.25, 0.3) is 0 Å². The van der Waals surface area contributed by atoms with Crippen molar-refractivity contribution in [2.24, 2.45) is 4.99 Å². The number of halogens is 1. The summed E-state index contributed by atoms with van der Waals surface area (Å²) >= 11 is 1.57. The Morgan fingerprint density at radius 3 is 2.71 bits per heavy atom. The van der Waals surface area contributed by atoms with Crippen molar-refractivity contribution in [3.8, 4) is 5.75 Å². The van der Waals surface area contributed by atoms with Crippen molar-refractivity contribution in [1.82, 2.24) is 10.6 Å². The van der Waals surface area contributed by atoms with Gasteiger partial charge < -0.3 is 25.2 Å². The van der Waals surface area contributed by atoms with Crippen LogP contribution in [0.15, 0.2) is 46.1 Å². The Hall–Kier alpha value is -1.36. The van der Waals surface area contributed by atoms with E-state index in [0.717, 1.165) is 23.4 Å². The maximum atomic E-state index is 10.6. The highest BCUT2D eigenvalue weighted by Gasteiger charge is 2.23. The first-order chi connectivity index (χ1) is 13.1. The third-order valence-electron chi connectivity index (χ3n) is 4.02. The van der Waals surface area contributed by atoms with E-state index >= 15 is 0 Å². The molecule has 1 atom stereocenters. The molecule has 156 valence electrons. The van der Waals surface area contributed by atoms with Crippen molar-refractivity contribution in [3.63, 3.8) is 0 Å². The molecule has 0 aliphatic carbocycles. The predicted molar refractivity (Wildman–Crippen MR) is 126 cm³/mol.